The molecule has 0 radical (unpaired) electrons. The van der Waals surface area contributed by atoms with Gasteiger partial charge in [-0.25, -0.2) is 0 Å². The van der Waals surface area contributed by atoms with Crippen molar-refractivity contribution in [2.24, 2.45) is 0 Å². The lowest BCUT2D eigenvalue weighted by Crippen LogP contribution is -1.93. The molecule has 26 valence electrons. The van der Waals surface area contributed by atoms with E-state index in [1.54, 1.807) is 0 Å². The van der Waals surface area contributed by atoms with Crippen LogP contribution in [0.2, 0.25) is 0 Å². The van der Waals surface area contributed by atoms with Gasteiger partial charge in [-0.15, -0.1) is 0 Å². The number of aldehydes is 1. The van der Waals surface area contributed by atoms with E-state index in [-0.39, 0.29) is 6.29 Å². The molecular formula is C2H3BO2. The van der Waals surface area contributed by atoms with Gasteiger partial charge < -0.3 is 4.79 Å². The van der Waals surface area contributed by atoms with Gasteiger partial charge in [-0.3, -0.25) is 4.79 Å². The quantitative estimate of drug-likeness (QED) is 0.210. The second kappa shape index (κ2) is 1.70. The Balaban J connectivity index is 3.20. The highest BCUT2D eigenvalue weighted by atomic mass is 16.2. The minimum absolute atomic E-state index is 0.278. The maximum Gasteiger partial charge on any atom is 0.197 e. The molecule has 0 saturated carbocycles. The van der Waals surface area contributed by atoms with Crippen molar-refractivity contribution in [2.75, 3.05) is 0 Å². The van der Waals surface area contributed by atoms with Crippen molar-refractivity contribution in [1.29, 1.82) is 0 Å². The van der Waals surface area contributed by atoms with Gasteiger partial charge in [-0.05, 0) is 0 Å². The zero-order valence-corrected chi connectivity index (χ0v) is 2.89. The fourth-order valence-corrected chi connectivity index (χ4v) is 0. The summed E-state index contributed by atoms with van der Waals surface area (Å²) in [5, 5.41) is 0. The molecule has 0 unspecified atom stereocenters. The Bertz CT molecular complexity index is 58.7. The van der Waals surface area contributed by atoms with Gasteiger partial charge in [0.2, 0.25) is 0 Å². The molecule has 0 fully saturated rings. The summed E-state index contributed by atoms with van der Waals surface area (Å²) >= 11 is 0. The summed E-state index contributed by atoms with van der Waals surface area (Å²) in [5.74, 6) is 0. The first kappa shape index (κ1) is 4.40. The van der Waals surface area contributed by atoms with E-state index < -0.39 is 5.68 Å². The topological polar surface area (TPSA) is 34.1 Å². The molecule has 0 spiro atoms. The van der Waals surface area contributed by atoms with E-state index in [9.17, 15) is 4.79 Å². The lowest BCUT2D eigenvalue weighted by molar-refractivity contribution is -0.124. The van der Waals surface area contributed by atoms with Gasteiger partial charge in [0.1, 0.15) is 5.68 Å². The molecule has 0 rings (SSSR count). The smallest absolute Gasteiger partial charge is 0.197 e. The molecule has 0 aliphatic carbocycles. The van der Waals surface area contributed by atoms with E-state index in [0.29, 0.717) is 0 Å². The number of carbonyl (C=O) groups excluding carboxylic acids is 2. The molecule has 0 aromatic rings. The maximum absolute atomic E-state index is 9.44. The van der Waals surface area contributed by atoms with Crippen LogP contribution in [0.3, 0.4) is 0 Å². The Hall–Kier alpha value is -0.595. The molecule has 0 heterocycles. The van der Waals surface area contributed by atoms with Crippen LogP contribution in [0, 0.1) is 0 Å². The van der Waals surface area contributed by atoms with E-state index in [1.165, 1.54) is 7.85 Å². The van der Waals surface area contributed by atoms with E-state index in [0.717, 1.165) is 0 Å². The van der Waals surface area contributed by atoms with Crippen LogP contribution < -0.4 is 0 Å². The van der Waals surface area contributed by atoms with Crippen molar-refractivity contribution in [3.63, 3.8) is 0 Å². The van der Waals surface area contributed by atoms with E-state index in [1.807, 2.05) is 0 Å². The SMILES string of the molecule is BC(=O)C=O. The van der Waals surface area contributed by atoms with Gasteiger partial charge in [0.15, 0.2) is 14.1 Å². The van der Waals surface area contributed by atoms with E-state index >= 15 is 0 Å². The summed E-state index contributed by atoms with van der Waals surface area (Å²) in [4.78, 5) is 18.6. The highest BCUT2D eigenvalue weighted by Gasteiger charge is 1.77. The molecule has 0 amide bonds. The molecule has 0 aromatic heterocycles. The Morgan fingerprint density at radius 3 is 2.00 bits per heavy atom. The summed E-state index contributed by atoms with van der Waals surface area (Å²) in [6.45, 7) is 0. The summed E-state index contributed by atoms with van der Waals surface area (Å²) in [5.41, 5.74) is -0.426. The minimum Gasteiger partial charge on any atom is -0.304 e. The number of rotatable bonds is 1. The first-order valence-electron chi connectivity index (χ1n) is 1.23. The molecule has 0 aliphatic heterocycles. The van der Waals surface area contributed by atoms with Crippen molar-refractivity contribution in [3.05, 3.63) is 0 Å². The zero-order chi connectivity index (χ0) is 4.28. The third kappa shape index (κ3) is 3.40. The Kier molecular flexibility index (Phi) is 1.50. The van der Waals surface area contributed by atoms with Crippen LogP contribution in [0.25, 0.3) is 0 Å². The number of hydrogen-bond acceptors (Lipinski definition) is 2. The zero-order valence-electron chi connectivity index (χ0n) is 2.89. The lowest BCUT2D eigenvalue weighted by atomic mass is 10.1. The summed E-state index contributed by atoms with van der Waals surface area (Å²) in [6.07, 6.45) is 0.278. The van der Waals surface area contributed by atoms with Gasteiger partial charge in [-0.2, -0.15) is 0 Å². The van der Waals surface area contributed by atoms with Crippen LogP contribution in [0.1, 0.15) is 0 Å². The van der Waals surface area contributed by atoms with Crippen molar-refractivity contribution in [3.8, 4) is 0 Å². The first-order valence-corrected chi connectivity index (χ1v) is 1.23. The van der Waals surface area contributed by atoms with Gasteiger partial charge >= 0.3 is 0 Å². The predicted molar refractivity (Wildman–Crippen MR) is 19.6 cm³/mol. The molecular weight excluding hydrogens is 66.8 g/mol. The number of carbonyl (C=O) groups is 2. The van der Waals surface area contributed by atoms with Crippen LogP contribution in [0.5, 0.6) is 0 Å². The Labute approximate surface area is 30.6 Å². The normalized spacial score (nSPS) is 6.40. The van der Waals surface area contributed by atoms with Gasteiger partial charge in [-0.1, -0.05) is 0 Å². The van der Waals surface area contributed by atoms with Gasteiger partial charge in [0, 0.05) is 0 Å². The minimum atomic E-state index is -0.426. The monoisotopic (exact) mass is 70.0 g/mol. The maximum atomic E-state index is 9.44. The molecule has 5 heavy (non-hydrogen) atoms. The second-order valence-corrected chi connectivity index (χ2v) is 0.729. The largest absolute Gasteiger partial charge is 0.304 e. The highest BCUT2D eigenvalue weighted by molar-refractivity contribution is 6.72. The first-order chi connectivity index (χ1) is 2.27. The van der Waals surface area contributed by atoms with Crippen LogP contribution in [-0.2, 0) is 9.59 Å². The summed E-state index contributed by atoms with van der Waals surface area (Å²) in [6, 6.07) is 0. The Morgan fingerprint density at radius 2 is 2.00 bits per heavy atom. The van der Waals surface area contributed by atoms with E-state index in [2.05, 4.69) is 0 Å². The van der Waals surface area contributed by atoms with Crippen LogP contribution in [0.4, 0.5) is 0 Å². The summed E-state index contributed by atoms with van der Waals surface area (Å²) < 4.78 is 0. The van der Waals surface area contributed by atoms with Crippen molar-refractivity contribution in [1.82, 2.24) is 0 Å². The third-order valence-corrected chi connectivity index (χ3v) is 0.166. The third-order valence-electron chi connectivity index (χ3n) is 0.166. The predicted octanol–water partition coefficient (Wildman–Crippen LogP) is -1.66. The van der Waals surface area contributed by atoms with Crippen molar-refractivity contribution < 1.29 is 9.59 Å². The second-order valence-electron chi connectivity index (χ2n) is 0.729. The average Bonchev–Trinajstić information content (AvgIpc) is 1.38. The fraction of sp³-hybridized carbons (Fsp3) is 0. The molecule has 2 nitrogen and oxygen atoms in total. The van der Waals surface area contributed by atoms with Crippen LogP contribution in [-0.4, -0.2) is 19.8 Å². The van der Waals surface area contributed by atoms with Crippen LogP contribution >= 0.6 is 0 Å². The van der Waals surface area contributed by atoms with Gasteiger partial charge in [0.25, 0.3) is 0 Å². The number of hydrogen-bond donors (Lipinski definition) is 0. The molecule has 0 aromatic carbocycles. The lowest BCUT2D eigenvalue weighted by Gasteiger charge is -1.56. The standard InChI is InChI=1S/C2H3BO2/c3-2(5)1-4/h1H,3H2. The van der Waals surface area contributed by atoms with E-state index in [4.69, 9.17) is 4.79 Å². The fourth-order valence-electron chi connectivity index (χ4n) is 0. The van der Waals surface area contributed by atoms with Gasteiger partial charge in [0.05, 0.1) is 0 Å². The molecule has 0 aliphatic rings. The molecule has 0 bridgehead atoms. The Morgan fingerprint density at radius 1 is 1.80 bits per heavy atom. The average molecular weight is 69.9 g/mol. The van der Waals surface area contributed by atoms with Crippen molar-refractivity contribution >= 4 is 19.8 Å². The van der Waals surface area contributed by atoms with Crippen LogP contribution in [0.15, 0.2) is 0 Å². The molecule has 0 N–H and O–H groups in total. The highest BCUT2D eigenvalue weighted by Crippen LogP contribution is 1.38. The molecule has 3 heteroatoms. The van der Waals surface area contributed by atoms with Crippen molar-refractivity contribution in [2.45, 2.75) is 0 Å². The summed E-state index contributed by atoms with van der Waals surface area (Å²) in [7, 11) is 1.22. The molecule has 0 saturated heterocycles. The molecule has 0 atom stereocenters.